The lowest BCUT2D eigenvalue weighted by Gasteiger charge is -2.07. The summed E-state index contributed by atoms with van der Waals surface area (Å²) in [5, 5.41) is 0. The van der Waals surface area contributed by atoms with Crippen molar-refractivity contribution in [1.82, 2.24) is 9.97 Å². The van der Waals surface area contributed by atoms with Gasteiger partial charge in [0.2, 0.25) is 5.88 Å². The molecule has 1 aromatic heterocycles. The highest BCUT2D eigenvalue weighted by atomic mass is 19.3. The summed E-state index contributed by atoms with van der Waals surface area (Å²) in [6, 6.07) is 7.35. The molecule has 0 saturated carbocycles. The van der Waals surface area contributed by atoms with E-state index in [0.29, 0.717) is 17.5 Å². The second-order valence-electron chi connectivity index (χ2n) is 3.87. The number of aryl methyl sites for hydroxylation is 2. The highest BCUT2D eigenvalue weighted by molar-refractivity contribution is 5.31. The molecule has 18 heavy (non-hydrogen) atoms. The van der Waals surface area contributed by atoms with Crippen LogP contribution in [-0.2, 0) is 0 Å². The maximum atomic E-state index is 12.4. The van der Waals surface area contributed by atoms with Crippen LogP contribution in [0.4, 0.5) is 8.78 Å². The van der Waals surface area contributed by atoms with Gasteiger partial charge in [0.05, 0.1) is 0 Å². The predicted octanol–water partition coefficient (Wildman–Crippen LogP) is 3.82. The molecule has 0 amide bonds. The fourth-order valence-electron chi connectivity index (χ4n) is 1.54. The molecule has 0 fully saturated rings. The zero-order valence-electron chi connectivity index (χ0n) is 10.0. The third kappa shape index (κ3) is 3.00. The molecule has 0 atom stereocenters. The second kappa shape index (κ2) is 5.08. The van der Waals surface area contributed by atoms with Gasteiger partial charge >= 0.3 is 0 Å². The molecule has 0 aliphatic rings. The van der Waals surface area contributed by atoms with Crippen LogP contribution in [-0.4, -0.2) is 9.97 Å². The molecule has 0 aliphatic carbocycles. The summed E-state index contributed by atoms with van der Waals surface area (Å²) in [6.45, 7) is 3.60. The molecule has 0 radical (unpaired) electrons. The van der Waals surface area contributed by atoms with Crippen molar-refractivity contribution < 1.29 is 13.5 Å². The van der Waals surface area contributed by atoms with E-state index in [4.69, 9.17) is 4.74 Å². The van der Waals surface area contributed by atoms with Gasteiger partial charge in [0.15, 0.2) is 0 Å². The van der Waals surface area contributed by atoms with E-state index in [0.717, 1.165) is 5.69 Å². The van der Waals surface area contributed by atoms with Crippen LogP contribution in [0.3, 0.4) is 0 Å². The molecule has 2 aromatic rings. The summed E-state index contributed by atoms with van der Waals surface area (Å²) in [4.78, 5) is 8.23. The molecule has 1 heterocycles. The molecule has 0 saturated heterocycles. The normalized spacial score (nSPS) is 10.7. The number of aromatic nitrogens is 2. The first-order valence-electron chi connectivity index (χ1n) is 5.43. The minimum Gasteiger partial charge on any atom is -0.439 e. The van der Waals surface area contributed by atoms with Gasteiger partial charge in [-0.05, 0) is 38.1 Å². The molecular formula is C13H12F2N2O. The van der Waals surface area contributed by atoms with Crippen LogP contribution in [0.25, 0.3) is 0 Å². The molecule has 0 unspecified atom stereocenters. The Morgan fingerprint density at radius 1 is 1.06 bits per heavy atom. The standard InChI is InChI=1S/C13H12F2N2O/c1-8-7-12(17-9(2)16-8)18-11-5-3-10(4-6-11)13(14)15/h3-7,13H,1-2H3. The Morgan fingerprint density at radius 3 is 2.28 bits per heavy atom. The Bertz CT molecular complexity index is 521. The SMILES string of the molecule is Cc1cc(Oc2ccc(C(F)F)cc2)nc(C)n1. The van der Waals surface area contributed by atoms with Crippen molar-refractivity contribution >= 4 is 0 Å². The van der Waals surface area contributed by atoms with E-state index in [2.05, 4.69) is 9.97 Å². The molecule has 3 nitrogen and oxygen atoms in total. The molecule has 1 aromatic carbocycles. The first-order chi connectivity index (χ1) is 8.54. The van der Waals surface area contributed by atoms with E-state index in [9.17, 15) is 8.78 Å². The Labute approximate surface area is 103 Å². The van der Waals surface area contributed by atoms with Crippen molar-refractivity contribution in [1.29, 1.82) is 0 Å². The van der Waals surface area contributed by atoms with Crippen molar-refractivity contribution in [3.05, 3.63) is 47.4 Å². The van der Waals surface area contributed by atoms with E-state index in [-0.39, 0.29) is 5.56 Å². The first-order valence-corrected chi connectivity index (χ1v) is 5.43. The average molecular weight is 250 g/mol. The van der Waals surface area contributed by atoms with Crippen molar-refractivity contribution in [2.24, 2.45) is 0 Å². The highest BCUT2D eigenvalue weighted by Crippen LogP contribution is 2.24. The molecule has 2 rings (SSSR count). The molecule has 94 valence electrons. The lowest BCUT2D eigenvalue weighted by Crippen LogP contribution is -1.95. The van der Waals surface area contributed by atoms with Gasteiger partial charge in [0.1, 0.15) is 11.6 Å². The van der Waals surface area contributed by atoms with Crippen LogP contribution in [0.1, 0.15) is 23.5 Å². The third-order valence-corrected chi connectivity index (χ3v) is 2.30. The molecule has 0 N–H and O–H groups in total. The third-order valence-electron chi connectivity index (χ3n) is 2.30. The van der Waals surface area contributed by atoms with Crippen molar-refractivity contribution in [2.75, 3.05) is 0 Å². The maximum absolute atomic E-state index is 12.4. The Balaban J connectivity index is 2.18. The van der Waals surface area contributed by atoms with Gasteiger partial charge < -0.3 is 4.74 Å². The lowest BCUT2D eigenvalue weighted by atomic mass is 10.2. The Morgan fingerprint density at radius 2 is 1.72 bits per heavy atom. The molecule has 0 spiro atoms. The van der Waals surface area contributed by atoms with Crippen LogP contribution in [0, 0.1) is 13.8 Å². The average Bonchev–Trinajstić information content (AvgIpc) is 2.28. The smallest absolute Gasteiger partial charge is 0.263 e. The largest absolute Gasteiger partial charge is 0.439 e. The summed E-state index contributed by atoms with van der Waals surface area (Å²) in [7, 11) is 0. The number of hydrogen-bond donors (Lipinski definition) is 0. The minimum atomic E-state index is -2.47. The fourth-order valence-corrected chi connectivity index (χ4v) is 1.54. The number of ether oxygens (including phenoxy) is 1. The van der Waals surface area contributed by atoms with Crippen molar-refractivity contribution in [2.45, 2.75) is 20.3 Å². The summed E-state index contributed by atoms with van der Waals surface area (Å²) < 4.78 is 30.2. The number of rotatable bonds is 3. The van der Waals surface area contributed by atoms with Gasteiger partial charge in [-0.1, -0.05) is 0 Å². The van der Waals surface area contributed by atoms with Crippen molar-refractivity contribution in [3.8, 4) is 11.6 Å². The Kier molecular flexibility index (Phi) is 3.50. The lowest BCUT2D eigenvalue weighted by molar-refractivity contribution is 0.151. The first kappa shape index (κ1) is 12.4. The van der Waals surface area contributed by atoms with Gasteiger partial charge in [-0.3, -0.25) is 0 Å². The van der Waals surface area contributed by atoms with Crippen LogP contribution in [0.2, 0.25) is 0 Å². The monoisotopic (exact) mass is 250 g/mol. The second-order valence-corrected chi connectivity index (χ2v) is 3.87. The Hall–Kier alpha value is -2.04. The fraction of sp³-hybridized carbons (Fsp3) is 0.231. The number of hydrogen-bond acceptors (Lipinski definition) is 3. The number of halogens is 2. The zero-order chi connectivity index (χ0) is 13.1. The highest BCUT2D eigenvalue weighted by Gasteiger charge is 2.07. The van der Waals surface area contributed by atoms with Crippen molar-refractivity contribution in [3.63, 3.8) is 0 Å². The van der Waals surface area contributed by atoms with Gasteiger partial charge in [-0.2, -0.15) is 4.98 Å². The van der Waals surface area contributed by atoms with E-state index in [1.54, 1.807) is 13.0 Å². The topological polar surface area (TPSA) is 35.0 Å². The molecule has 5 heteroatoms. The van der Waals surface area contributed by atoms with Gasteiger partial charge in [-0.25, -0.2) is 13.8 Å². The molecule has 0 aliphatic heterocycles. The summed E-state index contributed by atoms with van der Waals surface area (Å²) in [5.74, 6) is 1.48. The van der Waals surface area contributed by atoms with E-state index in [1.165, 1.54) is 24.3 Å². The van der Waals surface area contributed by atoms with E-state index in [1.807, 2.05) is 6.92 Å². The summed E-state index contributed by atoms with van der Waals surface area (Å²) in [6.07, 6.45) is -2.47. The van der Waals surface area contributed by atoms with Crippen LogP contribution < -0.4 is 4.74 Å². The summed E-state index contributed by atoms with van der Waals surface area (Å²) in [5.41, 5.74) is 0.763. The van der Waals surface area contributed by atoms with Crippen LogP contribution in [0.5, 0.6) is 11.6 Å². The molecular weight excluding hydrogens is 238 g/mol. The summed E-state index contributed by atoms with van der Waals surface area (Å²) >= 11 is 0. The predicted molar refractivity (Wildman–Crippen MR) is 63.0 cm³/mol. The van der Waals surface area contributed by atoms with Gasteiger partial charge in [0, 0.05) is 17.3 Å². The number of benzene rings is 1. The van der Waals surface area contributed by atoms with E-state index >= 15 is 0 Å². The minimum absolute atomic E-state index is 0.0302. The van der Waals surface area contributed by atoms with Gasteiger partial charge in [0.25, 0.3) is 6.43 Å². The van der Waals surface area contributed by atoms with E-state index < -0.39 is 6.43 Å². The number of alkyl halides is 2. The van der Waals surface area contributed by atoms with Crippen LogP contribution >= 0.6 is 0 Å². The van der Waals surface area contributed by atoms with Gasteiger partial charge in [-0.15, -0.1) is 0 Å². The number of nitrogens with zero attached hydrogens (tertiary/aromatic N) is 2. The van der Waals surface area contributed by atoms with Crippen LogP contribution in [0.15, 0.2) is 30.3 Å². The zero-order valence-corrected chi connectivity index (χ0v) is 10.0. The quantitative estimate of drug-likeness (QED) is 0.830. The maximum Gasteiger partial charge on any atom is 0.263 e. The molecule has 0 bridgehead atoms.